The molecule has 0 bridgehead atoms. The van der Waals surface area contributed by atoms with Gasteiger partial charge in [-0.3, -0.25) is 4.79 Å². The Balaban J connectivity index is 1.63. The van der Waals surface area contributed by atoms with Crippen molar-refractivity contribution in [1.82, 2.24) is 10.3 Å². The molecule has 1 fully saturated rings. The van der Waals surface area contributed by atoms with Crippen LogP contribution in [0.2, 0.25) is 0 Å². The van der Waals surface area contributed by atoms with Crippen molar-refractivity contribution >= 4 is 22.9 Å². The van der Waals surface area contributed by atoms with Gasteiger partial charge < -0.3 is 10.6 Å². The number of benzene rings is 1. The molecule has 98 valence electrons. The van der Waals surface area contributed by atoms with Gasteiger partial charge in [0.2, 0.25) is 0 Å². The van der Waals surface area contributed by atoms with E-state index >= 15 is 0 Å². The van der Waals surface area contributed by atoms with Crippen LogP contribution in [0.15, 0.2) is 35.2 Å². The number of amides is 1. The highest BCUT2D eigenvalue weighted by Gasteiger charge is 2.23. The number of carbonyl (C=O) groups excluding carboxylic acids is 1. The summed E-state index contributed by atoms with van der Waals surface area (Å²) in [5, 5.41) is 8.28. The molecule has 0 aliphatic heterocycles. The average Bonchev–Trinajstić information content (AvgIpc) is 3.09. The number of hydrogen-bond acceptors (Lipinski definition) is 4. The molecule has 0 unspecified atom stereocenters. The molecule has 5 heteroatoms. The summed E-state index contributed by atoms with van der Waals surface area (Å²) in [5.41, 5.74) is 4.47. The summed E-state index contributed by atoms with van der Waals surface area (Å²) < 4.78 is 0. The van der Waals surface area contributed by atoms with Gasteiger partial charge in [-0.05, 0) is 31.0 Å². The van der Waals surface area contributed by atoms with Crippen LogP contribution in [-0.4, -0.2) is 16.9 Å². The van der Waals surface area contributed by atoms with Crippen LogP contribution in [0.5, 0.6) is 0 Å². The van der Waals surface area contributed by atoms with Gasteiger partial charge in [0.1, 0.15) is 0 Å². The number of thiazole rings is 1. The van der Waals surface area contributed by atoms with Crippen LogP contribution < -0.4 is 10.6 Å². The second-order valence-corrected chi connectivity index (χ2v) is 5.38. The summed E-state index contributed by atoms with van der Waals surface area (Å²) in [6.45, 7) is 0.678. The van der Waals surface area contributed by atoms with E-state index in [1.807, 2.05) is 35.2 Å². The number of rotatable bonds is 5. The highest BCUT2D eigenvalue weighted by atomic mass is 32.1. The highest BCUT2D eigenvalue weighted by molar-refractivity contribution is 7.07. The number of aromatic nitrogens is 1. The molecule has 2 N–H and O–H groups in total. The zero-order chi connectivity index (χ0) is 13.1. The third-order valence-corrected chi connectivity index (χ3v) is 3.63. The molecule has 1 heterocycles. The van der Waals surface area contributed by atoms with Crippen molar-refractivity contribution in [3.05, 3.63) is 46.4 Å². The molecule has 1 aliphatic carbocycles. The first kappa shape index (κ1) is 12.2. The Kier molecular flexibility index (Phi) is 3.46. The lowest BCUT2D eigenvalue weighted by Crippen LogP contribution is -2.25. The van der Waals surface area contributed by atoms with Crippen molar-refractivity contribution in [2.75, 3.05) is 5.32 Å². The molecule has 1 aromatic carbocycles. The number of nitrogens with one attached hydrogen (secondary N) is 2. The van der Waals surface area contributed by atoms with E-state index < -0.39 is 0 Å². The maximum Gasteiger partial charge on any atom is 0.251 e. The molecule has 4 nitrogen and oxygen atoms in total. The average molecular weight is 273 g/mol. The van der Waals surface area contributed by atoms with Crippen LogP contribution in [0.25, 0.3) is 0 Å². The maximum atomic E-state index is 11.9. The number of carbonyl (C=O) groups is 1. The van der Waals surface area contributed by atoms with E-state index in [9.17, 15) is 4.79 Å². The second kappa shape index (κ2) is 5.40. The van der Waals surface area contributed by atoms with E-state index in [0.29, 0.717) is 18.2 Å². The van der Waals surface area contributed by atoms with Crippen molar-refractivity contribution in [2.24, 2.45) is 0 Å². The van der Waals surface area contributed by atoms with Gasteiger partial charge in [-0.25, -0.2) is 4.98 Å². The van der Waals surface area contributed by atoms with Crippen molar-refractivity contribution in [1.29, 1.82) is 0 Å². The SMILES string of the molecule is O=C(NC1CC1)c1cccc(NCc2cscn2)c1. The Morgan fingerprint density at radius 2 is 2.32 bits per heavy atom. The van der Waals surface area contributed by atoms with Crippen molar-refractivity contribution in [3.63, 3.8) is 0 Å². The van der Waals surface area contributed by atoms with Gasteiger partial charge in [0.15, 0.2) is 0 Å². The fourth-order valence-corrected chi connectivity index (χ4v) is 2.34. The zero-order valence-corrected chi connectivity index (χ0v) is 11.2. The second-order valence-electron chi connectivity index (χ2n) is 4.66. The minimum Gasteiger partial charge on any atom is -0.379 e. The topological polar surface area (TPSA) is 54.0 Å². The molecule has 1 saturated carbocycles. The van der Waals surface area contributed by atoms with Crippen LogP contribution in [-0.2, 0) is 6.54 Å². The summed E-state index contributed by atoms with van der Waals surface area (Å²) in [6, 6.07) is 7.96. The van der Waals surface area contributed by atoms with E-state index in [4.69, 9.17) is 0 Å². The minimum atomic E-state index is 0.0137. The lowest BCUT2D eigenvalue weighted by atomic mass is 10.2. The summed E-state index contributed by atoms with van der Waals surface area (Å²) in [4.78, 5) is 16.1. The Hall–Kier alpha value is -1.88. The molecular formula is C14H15N3OS. The third-order valence-electron chi connectivity index (χ3n) is 2.99. The van der Waals surface area contributed by atoms with Gasteiger partial charge in [-0.2, -0.15) is 0 Å². The van der Waals surface area contributed by atoms with Crippen LogP contribution in [0, 0.1) is 0 Å². The first-order chi connectivity index (χ1) is 9.31. The molecule has 0 spiro atoms. The Morgan fingerprint density at radius 3 is 3.05 bits per heavy atom. The fourth-order valence-electron chi connectivity index (χ4n) is 1.78. The molecule has 0 radical (unpaired) electrons. The number of anilines is 1. The molecule has 19 heavy (non-hydrogen) atoms. The summed E-state index contributed by atoms with van der Waals surface area (Å²) in [6.07, 6.45) is 2.21. The van der Waals surface area contributed by atoms with Crippen molar-refractivity contribution < 1.29 is 4.79 Å². The molecule has 1 aliphatic rings. The molecule has 2 aromatic rings. The van der Waals surface area contributed by atoms with Gasteiger partial charge in [0, 0.05) is 22.7 Å². The summed E-state index contributed by atoms with van der Waals surface area (Å²) in [5.74, 6) is 0.0137. The Labute approximate surface area is 115 Å². The predicted octanol–water partition coefficient (Wildman–Crippen LogP) is 2.65. The number of hydrogen-bond donors (Lipinski definition) is 2. The standard InChI is InChI=1S/C14H15N3OS/c18-14(17-11-4-5-11)10-2-1-3-12(6-10)15-7-13-8-19-9-16-13/h1-3,6,8-9,11,15H,4-5,7H2,(H,17,18). The van der Waals surface area contributed by atoms with E-state index in [-0.39, 0.29) is 5.91 Å². The van der Waals surface area contributed by atoms with E-state index in [1.54, 1.807) is 11.3 Å². The first-order valence-corrected chi connectivity index (χ1v) is 7.27. The predicted molar refractivity (Wildman–Crippen MR) is 76.4 cm³/mol. The van der Waals surface area contributed by atoms with Crippen molar-refractivity contribution in [2.45, 2.75) is 25.4 Å². The molecule has 3 rings (SSSR count). The highest BCUT2D eigenvalue weighted by Crippen LogP contribution is 2.20. The zero-order valence-electron chi connectivity index (χ0n) is 10.4. The van der Waals surface area contributed by atoms with Gasteiger partial charge in [0.05, 0.1) is 17.7 Å². The fraction of sp³-hybridized carbons (Fsp3) is 0.286. The van der Waals surface area contributed by atoms with Crippen LogP contribution >= 0.6 is 11.3 Å². The monoisotopic (exact) mass is 273 g/mol. The normalized spacial score (nSPS) is 14.1. The molecule has 0 atom stereocenters. The summed E-state index contributed by atoms with van der Waals surface area (Å²) >= 11 is 1.58. The van der Waals surface area contributed by atoms with Gasteiger partial charge in [-0.15, -0.1) is 11.3 Å². The Morgan fingerprint density at radius 1 is 1.42 bits per heavy atom. The molecular weight excluding hydrogens is 258 g/mol. The van der Waals surface area contributed by atoms with Crippen LogP contribution in [0.1, 0.15) is 28.9 Å². The first-order valence-electron chi connectivity index (χ1n) is 6.33. The van der Waals surface area contributed by atoms with E-state index in [1.165, 1.54) is 0 Å². The Bertz CT molecular complexity index is 564. The largest absolute Gasteiger partial charge is 0.379 e. The van der Waals surface area contributed by atoms with E-state index in [2.05, 4.69) is 15.6 Å². The molecule has 1 aromatic heterocycles. The van der Waals surface area contributed by atoms with Gasteiger partial charge in [-0.1, -0.05) is 6.07 Å². The van der Waals surface area contributed by atoms with Crippen molar-refractivity contribution in [3.8, 4) is 0 Å². The van der Waals surface area contributed by atoms with E-state index in [0.717, 1.165) is 24.2 Å². The number of nitrogens with zero attached hydrogens (tertiary/aromatic N) is 1. The maximum absolute atomic E-state index is 11.9. The quantitative estimate of drug-likeness (QED) is 0.880. The van der Waals surface area contributed by atoms with Gasteiger partial charge >= 0.3 is 0 Å². The lowest BCUT2D eigenvalue weighted by Gasteiger charge is -2.07. The molecule has 1 amide bonds. The third kappa shape index (κ3) is 3.32. The minimum absolute atomic E-state index is 0.0137. The summed E-state index contributed by atoms with van der Waals surface area (Å²) in [7, 11) is 0. The lowest BCUT2D eigenvalue weighted by molar-refractivity contribution is 0.0951. The molecule has 0 saturated heterocycles. The van der Waals surface area contributed by atoms with Crippen LogP contribution in [0.4, 0.5) is 5.69 Å². The smallest absolute Gasteiger partial charge is 0.251 e. The van der Waals surface area contributed by atoms with Crippen LogP contribution in [0.3, 0.4) is 0 Å². The van der Waals surface area contributed by atoms with Gasteiger partial charge in [0.25, 0.3) is 5.91 Å².